The molecule has 0 aromatic heterocycles. The molecule has 0 bridgehead atoms. The van der Waals surface area contributed by atoms with Crippen molar-refractivity contribution in [3.8, 4) is 0 Å². The van der Waals surface area contributed by atoms with E-state index in [0.29, 0.717) is 19.3 Å². The van der Waals surface area contributed by atoms with Crippen LogP contribution in [0.2, 0.25) is 0 Å². The summed E-state index contributed by atoms with van der Waals surface area (Å²) in [6.07, 6.45) is 80.4. The second-order valence-corrected chi connectivity index (χ2v) is 21.3. The Hall–Kier alpha value is -3.15. The van der Waals surface area contributed by atoms with Crippen molar-refractivity contribution in [2.75, 3.05) is 13.2 Å². The first-order chi connectivity index (χ1) is 36.5. The second-order valence-electron chi connectivity index (χ2n) is 21.3. The summed E-state index contributed by atoms with van der Waals surface area (Å²) in [4.78, 5) is 38.3. The third kappa shape index (κ3) is 59.7. The van der Waals surface area contributed by atoms with Crippen molar-refractivity contribution >= 4 is 17.9 Å². The summed E-state index contributed by atoms with van der Waals surface area (Å²) in [6, 6.07) is 0. The van der Waals surface area contributed by atoms with Crippen LogP contribution in [-0.4, -0.2) is 37.2 Å². The highest BCUT2D eigenvalue weighted by Gasteiger charge is 2.19. The van der Waals surface area contributed by atoms with Gasteiger partial charge in [0.25, 0.3) is 0 Å². The molecular formula is C68H120O6. The van der Waals surface area contributed by atoms with Crippen molar-refractivity contribution in [1.82, 2.24) is 0 Å². The van der Waals surface area contributed by atoms with Gasteiger partial charge in [0.05, 0.1) is 0 Å². The van der Waals surface area contributed by atoms with Gasteiger partial charge in [0.2, 0.25) is 0 Å². The van der Waals surface area contributed by atoms with E-state index in [1.54, 1.807) is 0 Å². The lowest BCUT2D eigenvalue weighted by Gasteiger charge is -2.18. The molecule has 428 valence electrons. The van der Waals surface area contributed by atoms with Crippen LogP contribution in [0.25, 0.3) is 0 Å². The van der Waals surface area contributed by atoms with Gasteiger partial charge in [0.1, 0.15) is 13.2 Å². The fourth-order valence-electron chi connectivity index (χ4n) is 9.17. The molecule has 0 aliphatic heterocycles. The largest absolute Gasteiger partial charge is 0.462 e. The Kier molecular flexibility index (Phi) is 59.7. The molecule has 74 heavy (non-hydrogen) atoms. The number of carbonyl (C=O) groups is 3. The van der Waals surface area contributed by atoms with Crippen LogP contribution in [0.15, 0.2) is 72.9 Å². The lowest BCUT2D eigenvalue weighted by molar-refractivity contribution is -0.167. The SMILES string of the molecule is CC/C=C\C/C=C\C/C=C\CCCCCCCCCC(=O)OCC(COC(=O)CCCCCCCCCCCCCCCCCCCCCC)OC(=O)CCCCCCCC/C=C\C/C=C\C/C=C\CCCCC. The Morgan fingerprint density at radius 3 is 0.851 bits per heavy atom. The number of hydrogen-bond donors (Lipinski definition) is 0. The Labute approximate surface area is 459 Å². The highest BCUT2D eigenvalue weighted by molar-refractivity contribution is 5.71. The molecule has 0 heterocycles. The molecule has 0 aromatic rings. The summed E-state index contributed by atoms with van der Waals surface area (Å²) < 4.78 is 16.9. The van der Waals surface area contributed by atoms with E-state index in [9.17, 15) is 14.4 Å². The van der Waals surface area contributed by atoms with Crippen molar-refractivity contribution in [1.29, 1.82) is 0 Å². The maximum Gasteiger partial charge on any atom is 0.306 e. The van der Waals surface area contributed by atoms with Crippen LogP contribution >= 0.6 is 0 Å². The molecule has 1 unspecified atom stereocenters. The zero-order valence-electron chi connectivity index (χ0n) is 49.1. The van der Waals surface area contributed by atoms with Gasteiger partial charge < -0.3 is 14.2 Å². The third-order valence-corrected chi connectivity index (χ3v) is 13.9. The number of hydrogen-bond acceptors (Lipinski definition) is 6. The normalized spacial score (nSPS) is 12.5. The van der Waals surface area contributed by atoms with E-state index < -0.39 is 6.10 Å². The molecule has 0 aliphatic rings. The van der Waals surface area contributed by atoms with Gasteiger partial charge in [-0.1, -0.05) is 286 Å². The van der Waals surface area contributed by atoms with Crippen molar-refractivity contribution < 1.29 is 28.6 Å². The summed E-state index contributed by atoms with van der Waals surface area (Å²) in [5.74, 6) is -0.888. The molecule has 0 rings (SSSR count). The first-order valence-corrected chi connectivity index (χ1v) is 31.9. The molecular weight excluding hydrogens is 913 g/mol. The Morgan fingerprint density at radius 1 is 0.284 bits per heavy atom. The molecule has 0 aliphatic carbocycles. The average molecular weight is 1030 g/mol. The zero-order valence-corrected chi connectivity index (χ0v) is 49.1. The van der Waals surface area contributed by atoms with Crippen LogP contribution in [0, 0.1) is 0 Å². The second kappa shape index (κ2) is 62.4. The Bertz CT molecular complexity index is 1370. The molecule has 0 radical (unpaired) electrons. The quantitative estimate of drug-likeness (QED) is 0.0261. The molecule has 0 saturated carbocycles. The minimum atomic E-state index is -0.787. The van der Waals surface area contributed by atoms with E-state index >= 15 is 0 Å². The van der Waals surface area contributed by atoms with Crippen molar-refractivity contribution in [2.45, 2.75) is 329 Å². The molecule has 0 saturated heterocycles. The average Bonchev–Trinajstić information content (AvgIpc) is 3.40. The van der Waals surface area contributed by atoms with Gasteiger partial charge in [-0.3, -0.25) is 14.4 Å². The number of allylic oxidation sites excluding steroid dienone is 12. The molecule has 0 amide bonds. The van der Waals surface area contributed by atoms with Gasteiger partial charge in [-0.2, -0.15) is 0 Å². The van der Waals surface area contributed by atoms with E-state index in [4.69, 9.17) is 14.2 Å². The van der Waals surface area contributed by atoms with E-state index in [2.05, 4.69) is 93.7 Å². The highest BCUT2D eigenvalue weighted by atomic mass is 16.6. The van der Waals surface area contributed by atoms with Gasteiger partial charge in [0.15, 0.2) is 6.10 Å². The molecule has 0 spiro atoms. The first kappa shape index (κ1) is 70.8. The van der Waals surface area contributed by atoms with Crippen molar-refractivity contribution in [3.63, 3.8) is 0 Å². The van der Waals surface area contributed by atoms with Crippen molar-refractivity contribution in [2.24, 2.45) is 0 Å². The van der Waals surface area contributed by atoms with Crippen molar-refractivity contribution in [3.05, 3.63) is 72.9 Å². The zero-order chi connectivity index (χ0) is 53.6. The lowest BCUT2D eigenvalue weighted by atomic mass is 10.0. The summed E-state index contributed by atoms with van der Waals surface area (Å²) in [6.45, 7) is 6.53. The smallest absolute Gasteiger partial charge is 0.306 e. The summed E-state index contributed by atoms with van der Waals surface area (Å²) >= 11 is 0. The summed E-state index contributed by atoms with van der Waals surface area (Å²) in [7, 11) is 0. The fourth-order valence-corrected chi connectivity index (χ4v) is 9.17. The van der Waals surface area contributed by atoms with Gasteiger partial charge in [-0.25, -0.2) is 0 Å². The number of carbonyl (C=O) groups excluding carboxylic acids is 3. The maximum absolute atomic E-state index is 12.9. The van der Waals surface area contributed by atoms with E-state index in [-0.39, 0.29) is 31.1 Å². The first-order valence-electron chi connectivity index (χ1n) is 31.9. The van der Waals surface area contributed by atoms with Crippen LogP contribution in [0.3, 0.4) is 0 Å². The fraction of sp³-hybridized carbons (Fsp3) is 0.779. The van der Waals surface area contributed by atoms with Gasteiger partial charge in [0, 0.05) is 19.3 Å². The van der Waals surface area contributed by atoms with Crippen LogP contribution < -0.4 is 0 Å². The lowest BCUT2D eigenvalue weighted by Crippen LogP contribution is -2.30. The van der Waals surface area contributed by atoms with E-state index in [0.717, 1.165) is 109 Å². The highest BCUT2D eigenvalue weighted by Crippen LogP contribution is 2.17. The molecule has 6 heteroatoms. The van der Waals surface area contributed by atoms with Gasteiger partial charge in [-0.05, 0) is 89.9 Å². The maximum atomic E-state index is 12.9. The Morgan fingerprint density at radius 2 is 0.527 bits per heavy atom. The predicted octanol–water partition coefficient (Wildman–Crippen LogP) is 21.7. The molecule has 6 nitrogen and oxygen atoms in total. The number of unbranched alkanes of at least 4 members (excludes halogenated alkanes) is 35. The molecule has 0 fully saturated rings. The number of ether oxygens (including phenoxy) is 3. The van der Waals surface area contributed by atoms with Crippen LogP contribution in [0.1, 0.15) is 323 Å². The van der Waals surface area contributed by atoms with Crippen LogP contribution in [0.5, 0.6) is 0 Å². The third-order valence-electron chi connectivity index (χ3n) is 13.9. The van der Waals surface area contributed by atoms with E-state index in [1.807, 2.05) is 0 Å². The minimum Gasteiger partial charge on any atom is -0.462 e. The van der Waals surface area contributed by atoms with Gasteiger partial charge in [-0.15, -0.1) is 0 Å². The molecule has 0 N–H and O–H groups in total. The predicted molar refractivity (Wildman–Crippen MR) is 321 cm³/mol. The summed E-state index contributed by atoms with van der Waals surface area (Å²) in [5, 5.41) is 0. The topological polar surface area (TPSA) is 78.9 Å². The minimum absolute atomic E-state index is 0.0813. The molecule has 1 atom stereocenters. The monoisotopic (exact) mass is 1030 g/mol. The molecule has 0 aromatic carbocycles. The summed E-state index contributed by atoms with van der Waals surface area (Å²) in [5.41, 5.74) is 0. The Balaban J connectivity index is 4.38. The van der Waals surface area contributed by atoms with Gasteiger partial charge >= 0.3 is 17.9 Å². The van der Waals surface area contributed by atoms with E-state index in [1.165, 1.54) is 173 Å². The number of rotatable bonds is 58. The number of esters is 3. The van der Waals surface area contributed by atoms with Crippen LogP contribution in [0.4, 0.5) is 0 Å². The standard InChI is InChI=1S/C68H120O6/c1-4-7-10-13-16-19-22-25-28-31-33-35-37-40-43-46-49-52-55-58-61-67(70)73-64-65(63-72-66(69)60-57-54-51-48-45-42-39-36-30-27-24-21-18-15-12-9-6-3)74-68(71)62-59-56-53-50-47-44-41-38-34-32-29-26-23-20-17-14-11-8-5-2/h9,12,17-18,20-21,26-27,29-30,34,38,65H,4-8,10-11,13-16,19,22-25,28,31-33,35-37,39-64H2,1-3H3/b12-9-,20-17-,21-18-,29-26-,30-27-,38-34-. The van der Waals surface area contributed by atoms with Crippen LogP contribution in [-0.2, 0) is 28.6 Å².